The molecule has 6 heteroatoms. The molecule has 0 bridgehead atoms. The number of benzene rings is 3. The molecule has 0 aliphatic carbocycles. The zero-order chi connectivity index (χ0) is 19.4. The highest BCUT2D eigenvalue weighted by Gasteiger charge is 2.24. The molecular weight excluding hydrogens is 354 g/mol. The van der Waals surface area contributed by atoms with Crippen molar-refractivity contribution in [3.63, 3.8) is 0 Å². The molecule has 28 heavy (non-hydrogen) atoms. The maximum absolute atomic E-state index is 13.3. The van der Waals surface area contributed by atoms with Gasteiger partial charge in [-0.3, -0.25) is 14.2 Å². The average molecular weight is 371 g/mol. The molecule has 0 fully saturated rings. The summed E-state index contributed by atoms with van der Waals surface area (Å²) in [6.45, 7) is 3.49. The van der Waals surface area contributed by atoms with Crippen LogP contribution in [0.2, 0.25) is 0 Å². The number of fused-ring (bicyclic) bond motifs is 3. The van der Waals surface area contributed by atoms with Gasteiger partial charge in [-0.15, -0.1) is 0 Å². The van der Waals surface area contributed by atoms with Gasteiger partial charge in [0.1, 0.15) is 11.6 Å². The van der Waals surface area contributed by atoms with Crippen LogP contribution in [-0.2, 0) is 4.79 Å². The summed E-state index contributed by atoms with van der Waals surface area (Å²) in [7, 11) is 0. The van der Waals surface area contributed by atoms with Gasteiger partial charge in [-0.2, -0.15) is 0 Å². The Morgan fingerprint density at radius 1 is 1.04 bits per heavy atom. The lowest BCUT2D eigenvalue weighted by atomic mass is 10.1. The second-order valence-electron chi connectivity index (χ2n) is 6.95. The van der Waals surface area contributed by atoms with E-state index in [1.165, 1.54) is 0 Å². The second-order valence-corrected chi connectivity index (χ2v) is 6.95. The van der Waals surface area contributed by atoms with Crippen LogP contribution in [0.3, 0.4) is 0 Å². The van der Waals surface area contributed by atoms with Crippen LogP contribution < -0.4 is 15.6 Å². The average Bonchev–Trinajstić information content (AvgIpc) is 2.68. The monoisotopic (exact) mass is 371 g/mol. The van der Waals surface area contributed by atoms with E-state index in [1.54, 1.807) is 36.6 Å². The van der Waals surface area contributed by atoms with Crippen molar-refractivity contribution >= 4 is 33.3 Å². The number of carbonyl (C=O) groups excluding carboxylic acids is 1. The van der Waals surface area contributed by atoms with Gasteiger partial charge in [0.15, 0.2) is 6.10 Å². The van der Waals surface area contributed by atoms with E-state index in [0.717, 1.165) is 10.8 Å². The Morgan fingerprint density at radius 2 is 1.79 bits per heavy atom. The lowest BCUT2D eigenvalue weighted by molar-refractivity contribution is -0.122. The Morgan fingerprint density at radius 3 is 2.57 bits per heavy atom. The van der Waals surface area contributed by atoms with E-state index in [9.17, 15) is 9.59 Å². The fourth-order valence-electron chi connectivity index (χ4n) is 3.62. The maximum atomic E-state index is 13.3. The van der Waals surface area contributed by atoms with Gasteiger partial charge in [-0.1, -0.05) is 24.3 Å². The standard InChI is InChI=1S/C22H17N3O3/c1-12-21(26)24-19-11-16(7-8-20(19)28-12)25-13(2)23-18-10-15-6-4-3-5-14(15)9-17(18)22(25)27/h3-12H,1-2H3,(H,24,26)/t12-/m0/s1. The number of aryl methyl sites for hydroxylation is 1. The zero-order valence-electron chi connectivity index (χ0n) is 15.4. The van der Waals surface area contributed by atoms with Gasteiger partial charge in [0.2, 0.25) is 0 Å². The summed E-state index contributed by atoms with van der Waals surface area (Å²) in [5.41, 5.74) is 1.69. The first-order valence-corrected chi connectivity index (χ1v) is 9.05. The third kappa shape index (κ3) is 2.45. The van der Waals surface area contributed by atoms with Gasteiger partial charge in [-0.05, 0) is 55.0 Å². The fraction of sp³-hybridized carbons (Fsp3) is 0.136. The van der Waals surface area contributed by atoms with Crippen LogP contribution in [0, 0.1) is 6.92 Å². The van der Waals surface area contributed by atoms with E-state index in [1.807, 2.05) is 36.4 Å². The van der Waals surface area contributed by atoms with Gasteiger partial charge < -0.3 is 10.1 Å². The number of nitrogens with one attached hydrogen (secondary N) is 1. The number of carbonyl (C=O) groups is 1. The van der Waals surface area contributed by atoms with Crippen molar-refractivity contribution in [3.05, 3.63) is 70.8 Å². The molecule has 0 saturated heterocycles. The van der Waals surface area contributed by atoms with E-state index in [4.69, 9.17) is 4.74 Å². The molecule has 3 aromatic carbocycles. The molecule has 1 aromatic heterocycles. The summed E-state index contributed by atoms with van der Waals surface area (Å²) in [6, 6.07) is 17.0. The van der Waals surface area contributed by atoms with Crippen molar-refractivity contribution in [3.8, 4) is 11.4 Å². The predicted molar refractivity (Wildman–Crippen MR) is 108 cm³/mol. The minimum absolute atomic E-state index is 0.148. The first kappa shape index (κ1) is 16.5. The first-order valence-electron chi connectivity index (χ1n) is 9.05. The van der Waals surface area contributed by atoms with Gasteiger partial charge in [0.05, 0.1) is 22.3 Å². The highest BCUT2D eigenvalue weighted by atomic mass is 16.5. The highest BCUT2D eigenvalue weighted by molar-refractivity contribution is 5.98. The Kier molecular flexibility index (Phi) is 3.49. The summed E-state index contributed by atoms with van der Waals surface area (Å²) in [4.78, 5) is 29.8. The largest absolute Gasteiger partial charge is 0.479 e. The van der Waals surface area contributed by atoms with Crippen molar-refractivity contribution < 1.29 is 9.53 Å². The van der Waals surface area contributed by atoms with Crippen LogP contribution in [0.15, 0.2) is 59.4 Å². The van der Waals surface area contributed by atoms with E-state index in [0.29, 0.717) is 33.9 Å². The number of aromatic nitrogens is 2. The number of rotatable bonds is 1. The molecule has 0 unspecified atom stereocenters. The third-order valence-electron chi connectivity index (χ3n) is 5.06. The van der Waals surface area contributed by atoms with Crippen LogP contribution in [-0.4, -0.2) is 21.6 Å². The molecule has 0 spiro atoms. The number of nitrogens with zero attached hydrogens (tertiary/aromatic N) is 2. The smallest absolute Gasteiger partial charge is 0.265 e. The van der Waals surface area contributed by atoms with Crippen LogP contribution in [0.25, 0.3) is 27.4 Å². The topological polar surface area (TPSA) is 73.2 Å². The molecule has 4 aromatic rings. The van der Waals surface area contributed by atoms with E-state index in [-0.39, 0.29) is 11.5 Å². The molecule has 1 amide bonds. The lowest BCUT2D eigenvalue weighted by Crippen LogP contribution is -2.34. The van der Waals surface area contributed by atoms with Crippen molar-refractivity contribution in [1.82, 2.24) is 9.55 Å². The van der Waals surface area contributed by atoms with Gasteiger partial charge in [0, 0.05) is 0 Å². The summed E-state index contributed by atoms with van der Waals surface area (Å²) < 4.78 is 7.16. The molecule has 1 aliphatic heterocycles. The van der Waals surface area contributed by atoms with Crippen molar-refractivity contribution in [2.75, 3.05) is 5.32 Å². The lowest BCUT2D eigenvalue weighted by Gasteiger charge is -2.24. The molecule has 0 saturated carbocycles. The number of amides is 1. The van der Waals surface area contributed by atoms with Gasteiger partial charge in [-0.25, -0.2) is 4.98 Å². The molecule has 2 heterocycles. The van der Waals surface area contributed by atoms with E-state index >= 15 is 0 Å². The predicted octanol–water partition coefficient (Wildman–Crippen LogP) is 3.57. The zero-order valence-corrected chi connectivity index (χ0v) is 15.4. The Hall–Kier alpha value is -3.67. The first-order chi connectivity index (χ1) is 13.5. The van der Waals surface area contributed by atoms with Crippen molar-refractivity contribution in [1.29, 1.82) is 0 Å². The van der Waals surface area contributed by atoms with Crippen molar-refractivity contribution in [2.45, 2.75) is 20.0 Å². The third-order valence-corrected chi connectivity index (χ3v) is 5.06. The van der Waals surface area contributed by atoms with E-state index < -0.39 is 6.10 Å². The van der Waals surface area contributed by atoms with Crippen LogP contribution in [0.4, 0.5) is 5.69 Å². The minimum Gasteiger partial charge on any atom is -0.479 e. The van der Waals surface area contributed by atoms with E-state index in [2.05, 4.69) is 10.3 Å². The summed E-state index contributed by atoms with van der Waals surface area (Å²) in [6.07, 6.45) is -0.543. The molecular formula is C22H17N3O3. The van der Waals surface area contributed by atoms with Gasteiger partial charge in [0.25, 0.3) is 11.5 Å². The SMILES string of the molecule is Cc1nc2cc3ccccc3cc2c(=O)n1-c1ccc2c(c1)NC(=O)[C@H](C)O2. The maximum Gasteiger partial charge on any atom is 0.265 e. The molecule has 0 radical (unpaired) electrons. The second kappa shape index (κ2) is 5.92. The molecule has 5 rings (SSSR count). The van der Waals surface area contributed by atoms with Crippen molar-refractivity contribution in [2.24, 2.45) is 0 Å². The number of hydrogen-bond acceptors (Lipinski definition) is 4. The molecule has 6 nitrogen and oxygen atoms in total. The normalized spacial score (nSPS) is 15.9. The number of hydrogen-bond donors (Lipinski definition) is 1. The Labute approximate surface area is 160 Å². The quantitative estimate of drug-likeness (QED) is 0.519. The Balaban J connectivity index is 1.73. The fourth-order valence-corrected chi connectivity index (χ4v) is 3.62. The molecule has 138 valence electrons. The van der Waals surface area contributed by atoms with Crippen LogP contribution >= 0.6 is 0 Å². The summed E-state index contributed by atoms with van der Waals surface area (Å²) in [5, 5.41) is 5.41. The molecule has 1 N–H and O–H groups in total. The minimum atomic E-state index is -0.543. The number of ether oxygens (including phenoxy) is 1. The Bertz CT molecular complexity index is 1340. The molecule has 1 aliphatic rings. The molecule has 1 atom stereocenters. The number of anilines is 1. The summed E-state index contributed by atoms with van der Waals surface area (Å²) in [5.74, 6) is 0.947. The van der Waals surface area contributed by atoms with Crippen LogP contribution in [0.1, 0.15) is 12.7 Å². The summed E-state index contributed by atoms with van der Waals surface area (Å²) >= 11 is 0. The van der Waals surface area contributed by atoms with Crippen LogP contribution in [0.5, 0.6) is 5.75 Å². The highest BCUT2D eigenvalue weighted by Crippen LogP contribution is 2.31. The van der Waals surface area contributed by atoms with Gasteiger partial charge >= 0.3 is 0 Å².